The lowest BCUT2D eigenvalue weighted by molar-refractivity contribution is 0.0697. The van der Waals surface area contributed by atoms with Crippen LogP contribution in [0.1, 0.15) is 10.4 Å². The molecule has 3 aromatic carbocycles. The van der Waals surface area contributed by atoms with Gasteiger partial charge in [0.05, 0.1) is 30.8 Å². The highest BCUT2D eigenvalue weighted by Gasteiger charge is 2.09. The zero-order chi connectivity index (χ0) is 21.1. The lowest BCUT2D eigenvalue weighted by atomic mass is 10.1. The third kappa shape index (κ3) is 3.89. The van der Waals surface area contributed by atoms with Gasteiger partial charge >= 0.3 is 5.97 Å². The summed E-state index contributed by atoms with van der Waals surface area (Å²) in [6.07, 6.45) is 0. The van der Waals surface area contributed by atoms with E-state index in [4.69, 9.17) is 18.9 Å². The average molecular weight is 401 g/mol. The van der Waals surface area contributed by atoms with E-state index < -0.39 is 5.97 Å². The quantitative estimate of drug-likeness (QED) is 0.506. The van der Waals surface area contributed by atoms with Crippen molar-refractivity contribution in [3.8, 4) is 22.8 Å². The molecule has 0 spiro atoms. The molecule has 1 aromatic heterocycles. The van der Waals surface area contributed by atoms with Gasteiger partial charge in [-0.3, -0.25) is 0 Å². The number of carbonyl (C=O) groups is 1. The van der Waals surface area contributed by atoms with Gasteiger partial charge in [0.2, 0.25) is 0 Å². The van der Waals surface area contributed by atoms with Crippen molar-refractivity contribution in [2.45, 2.75) is 0 Å². The lowest BCUT2D eigenvalue weighted by Gasteiger charge is -2.08. The first-order valence-electron chi connectivity index (χ1n) is 9.22. The average Bonchev–Trinajstić information content (AvgIpc) is 2.79. The highest BCUT2D eigenvalue weighted by Crippen LogP contribution is 2.26. The van der Waals surface area contributed by atoms with Gasteiger partial charge in [-0.1, -0.05) is 6.07 Å². The highest BCUT2D eigenvalue weighted by molar-refractivity contribution is 5.88. The summed E-state index contributed by atoms with van der Waals surface area (Å²) in [6, 6.07) is 21.3. The summed E-state index contributed by atoms with van der Waals surface area (Å²) in [4.78, 5) is 16.0. The summed E-state index contributed by atoms with van der Waals surface area (Å²) < 4.78 is 16.7. The molecule has 30 heavy (non-hydrogen) atoms. The molecule has 150 valence electrons. The van der Waals surface area contributed by atoms with Gasteiger partial charge in [-0.25, -0.2) is 9.79 Å². The van der Waals surface area contributed by atoms with E-state index in [0.29, 0.717) is 28.1 Å². The molecule has 1 heterocycles. The van der Waals surface area contributed by atoms with Crippen LogP contribution in [0.4, 0.5) is 5.69 Å². The van der Waals surface area contributed by atoms with Crippen LogP contribution in [0.25, 0.3) is 22.3 Å². The molecule has 0 aliphatic carbocycles. The fourth-order valence-corrected chi connectivity index (χ4v) is 3.11. The summed E-state index contributed by atoms with van der Waals surface area (Å²) in [7, 11) is 3.21. The Kier molecular flexibility index (Phi) is 5.22. The smallest absolute Gasteiger partial charge is 0.335 e. The van der Waals surface area contributed by atoms with Gasteiger partial charge in [-0.2, -0.15) is 0 Å². The predicted molar refractivity (Wildman–Crippen MR) is 113 cm³/mol. The van der Waals surface area contributed by atoms with Crippen molar-refractivity contribution < 1.29 is 23.8 Å². The molecule has 0 atom stereocenters. The zero-order valence-corrected chi connectivity index (χ0v) is 16.5. The van der Waals surface area contributed by atoms with Crippen LogP contribution in [0, 0.1) is 0 Å². The van der Waals surface area contributed by atoms with Crippen molar-refractivity contribution in [2.24, 2.45) is 4.99 Å². The number of hydrogen-bond acceptors (Lipinski definition) is 5. The minimum Gasteiger partial charge on any atom is -0.497 e. The Hall–Kier alpha value is -4.06. The number of rotatable bonds is 5. The van der Waals surface area contributed by atoms with Crippen LogP contribution in [0.5, 0.6) is 11.5 Å². The molecule has 6 heteroatoms. The summed E-state index contributed by atoms with van der Waals surface area (Å²) in [5, 5.41) is 10.7. The van der Waals surface area contributed by atoms with Gasteiger partial charge in [-0.05, 0) is 60.7 Å². The number of carboxylic acid groups (broad SMARTS) is 1. The number of fused-ring (bicyclic) bond motifs is 1. The second-order valence-electron chi connectivity index (χ2n) is 6.55. The van der Waals surface area contributed by atoms with Crippen molar-refractivity contribution in [1.29, 1.82) is 0 Å². The van der Waals surface area contributed by atoms with Gasteiger partial charge in [0, 0.05) is 17.0 Å². The molecule has 0 amide bonds. The second kappa shape index (κ2) is 8.13. The van der Waals surface area contributed by atoms with E-state index >= 15 is 0 Å². The summed E-state index contributed by atoms with van der Waals surface area (Å²) in [6.45, 7) is 0. The summed E-state index contributed by atoms with van der Waals surface area (Å²) in [5.74, 6) is 1.05. The molecule has 0 saturated carbocycles. The van der Waals surface area contributed by atoms with Gasteiger partial charge in [0.1, 0.15) is 22.8 Å². The van der Waals surface area contributed by atoms with Crippen LogP contribution in [-0.4, -0.2) is 25.3 Å². The molecule has 0 aliphatic heterocycles. The van der Waals surface area contributed by atoms with Crippen molar-refractivity contribution >= 4 is 22.6 Å². The van der Waals surface area contributed by atoms with Crippen LogP contribution >= 0.6 is 0 Å². The van der Waals surface area contributed by atoms with Crippen molar-refractivity contribution in [3.63, 3.8) is 0 Å². The van der Waals surface area contributed by atoms with Gasteiger partial charge in [0.15, 0.2) is 0 Å². The third-order valence-electron chi connectivity index (χ3n) is 4.67. The Morgan fingerprint density at radius 2 is 1.63 bits per heavy atom. The van der Waals surface area contributed by atoms with Crippen molar-refractivity contribution in [1.82, 2.24) is 0 Å². The second-order valence-corrected chi connectivity index (χ2v) is 6.55. The number of methoxy groups -OCH3 is 2. The SMILES string of the molecule is COc1ccc(-c2cc(=Nc3cccc(C(=O)O)c3)c3cc(OC)ccc3o2)cc1. The predicted octanol–water partition coefficient (Wildman–Crippen LogP) is 5.05. The van der Waals surface area contributed by atoms with Crippen LogP contribution < -0.4 is 14.8 Å². The largest absolute Gasteiger partial charge is 0.497 e. The zero-order valence-electron chi connectivity index (χ0n) is 16.5. The first-order valence-corrected chi connectivity index (χ1v) is 9.22. The van der Waals surface area contributed by atoms with Crippen LogP contribution in [0.2, 0.25) is 0 Å². The first-order chi connectivity index (χ1) is 14.6. The third-order valence-corrected chi connectivity index (χ3v) is 4.67. The molecular weight excluding hydrogens is 382 g/mol. The number of benzene rings is 3. The molecule has 0 unspecified atom stereocenters. The summed E-state index contributed by atoms with van der Waals surface area (Å²) >= 11 is 0. The highest BCUT2D eigenvalue weighted by atomic mass is 16.5. The summed E-state index contributed by atoms with van der Waals surface area (Å²) in [5.41, 5.74) is 2.21. The number of hydrogen-bond donors (Lipinski definition) is 1. The maximum absolute atomic E-state index is 11.3. The van der Waals surface area contributed by atoms with E-state index in [9.17, 15) is 9.90 Å². The molecule has 6 nitrogen and oxygen atoms in total. The minimum atomic E-state index is -0.999. The molecule has 0 bridgehead atoms. The normalized spacial score (nSPS) is 11.5. The number of carboxylic acids is 1. The Labute approximate surface area is 172 Å². The monoisotopic (exact) mass is 401 g/mol. The Bertz CT molecular complexity index is 1290. The molecule has 0 fully saturated rings. The standard InChI is InChI=1S/C24H19NO5/c1-28-18-8-6-15(7-9-18)23-14-21(20-13-19(29-2)10-11-22(20)30-23)25-17-5-3-4-16(12-17)24(26)27/h3-14H,1-2H3,(H,26,27). The molecule has 0 saturated heterocycles. The van der Waals surface area contributed by atoms with Crippen LogP contribution in [0.15, 0.2) is 82.2 Å². The lowest BCUT2D eigenvalue weighted by Crippen LogP contribution is -2.04. The molecular formula is C24H19NO5. The topological polar surface area (TPSA) is 81.3 Å². The Morgan fingerprint density at radius 3 is 2.33 bits per heavy atom. The van der Waals surface area contributed by atoms with Crippen LogP contribution in [-0.2, 0) is 0 Å². The fourth-order valence-electron chi connectivity index (χ4n) is 3.11. The maximum atomic E-state index is 11.3. The number of aromatic carboxylic acids is 1. The Balaban J connectivity index is 1.95. The van der Waals surface area contributed by atoms with Gasteiger partial charge < -0.3 is 19.0 Å². The maximum Gasteiger partial charge on any atom is 0.335 e. The van der Waals surface area contributed by atoms with Crippen molar-refractivity contribution in [2.75, 3.05) is 14.2 Å². The molecule has 0 aliphatic rings. The molecule has 1 N–H and O–H groups in total. The van der Waals surface area contributed by atoms with E-state index in [1.54, 1.807) is 26.4 Å². The Morgan fingerprint density at radius 1 is 0.900 bits per heavy atom. The molecule has 0 radical (unpaired) electrons. The van der Waals surface area contributed by atoms with E-state index in [0.717, 1.165) is 16.7 Å². The molecule has 4 rings (SSSR count). The number of nitrogens with zero attached hydrogens (tertiary/aromatic N) is 1. The van der Waals surface area contributed by atoms with Crippen molar-refractivity contribution in [3.05, 3.63) is 83.7 Å². The van der Waals surface area contributed by atoms with Crippen LogP contribution in [0.3, 0.4) is 0 Å². The van der Waals surface area contributed by atoms with E-state index in [1.165, 1.54) is 12.1 Å². The molecule has 4 aromatic rings. The first kappa shape index (κ1) is 19.3. The van der Waals surface area contributed by atoms with Gasteiger partial charge in [-0.15, -0.1) is 0 Å². The van der Waals surface area contributed by atoms with Gasteiger partial charge in [0.25, 0.3) is 0 Å². The van der Waals surface area contributed by atoms with E-state index in [-0.39, 0.29) is 5.56 Å². The number of ether oxygens (including phenoxy) is 2. The fraction of sp³-hybridized carbons (Fsp3) is 0.0833. The van der Waals surface area contributed by atoms with E-state index in [2.05, 4.69) is 0 Å². The van der Waals surface area contributed by atoms with E-state index in [1.807, 2.05) is 48.5 Å². The minimum absolute atomic E-state index is 0.175.